The second-order valence-electron chi connectivity index (χ2n) is 5.15. The number of nitrogens with zero attached hydrogens (tertiary/aromatic N) is 2. The molecular formula is C16H16N4O3S. The van der Waals surface area contributed by atoms with Gasteiger partial charge in [0.25, 0.3) is 0 Å². The predicted octanol–water partition coefficient (Wildman–Crippen LogP) is 3.24. The molecule has 0 amide bonds. The highest BCUT2D eigenvalue weighted by molar-refractivity contribution is 7.80. The summed E-state index contributed by atoms with van der Waals surface area (Å²) in [6, 6.07) is 9.90. The molecule has 0 aliphatic carbocycles. The molecule has 0 unspecified atom stereocenters. The molecule has 0 aliphatic rings. The maximum absolute atomic E-state index is 10.8. The lowest BCUT2D eigenvalue weighted by atomic mass is 10.1. The van der Waals surface area contributed by atoms with Crippen LogP contribution in [0.5, 0.6) is 5.75 Å². The molecule has 0 aliphatic heterocycles. The van der Waals surface area contributed by atoms with E-state index in [-0.39, 0.29) is 5.69 Å². The number of hydrogen-bond acceptors (Lipinski definition) is 5. The number of hydrogen-bond donors (Lipinski definition) is 3. The van der Waals surface area contributed by atoms with E-state index >= 15 is 0 Å². The number of aryl methyl sites for hydroxylation is 2. The zero-order chi connectivity index (χ0) is 17.7. The Labute approximate surface area is 144 Å². The Morgan fingerprint density at radius 1 is 1.29 bits per heavy atom. The Morgan fingerprint density at radius 2 is 2.04 bits per heavy atom. The van der Waals surface area contributed by atoms with E-state index in [0.717, 1.165) is 16.8 Å². The van der Waals surface area contributed by atoms with E-state index in [9.17, 15) is 15.2 Å². The summed E-state index contributed by atoms with van der Waals surface area (Å²) >= 11 is 5.15. The van der Waals surface area contributed by atoms with E-state index in [2.05, 4.69) is 15.8 Å². The van der Waals surface area contributed by atoms with Gasteiger partial charge >= 0.3 is 5.69 Å². The normalized spacial score (nSPS) is 10.6. The van der Waals surface area contributed by atoms with Gasteiger partial charge in [0, 0.05) is 17.3 Å². The molecule has 2 aromatic carbocycles. The molecule has 2 aromatic rings. The molecule has 0 spiro atoms. The molecule has 0 heterocycles. The van der Waals surface area contributed by atoms with Gasteiger partial charge < -0.3 is 10.4 Å². The average molecular weight is 344 g/mol. The van der Waals surface area contributed by atoms with Crippen LogP contribution in [0.25, 0.3) is 0 Å². The van der Waals surface area contributed by atoms with E-state index in [0.29, 0.717) is 10.7 Å². The second kappa shape index (κ2) is 7.51. The number of thiocarbonyl (C=S) groups is 1. The number of anilines is 1. The third-order valence-corrected chi connectivity index (χ3v) is 3.40. The van der Waals surface area contributed by atoms with Crippen molar-refractivity contribution in [1.29, 1.82) is 0 Å². The number of rotatable bonds is 4. The molecule has 2 rings (SSSR count). The molecular weight excluding hydrogens is 328 g/mol. The first-order chi connectivity index (χ1) is 11.4. The molecule has 0 aromatic heterocycles. The summed E-state index contributed by atoms with van der Waals surface area (Å²) in [5.41, 5.74) is 5.80. The first-order valence-corrected chi connectivity index (χ1v) is 7.42. The first-order valence-electron chi connectivity index (χ1n) is 7.01. The number of phenols is 1. The van der Waals surface area contributed by atoms with Crippen molar-refractivity contribution < 1.29 is 10.0 Å². The Kier molecular flexibility index (Phi) is 5.43. The summed E-state index contributed by atoms with van der Waals surface area (Å²) in [7, 11) is 0. The molecule has 8 heteroatoms. The summed E-state index contributed by atoms with van der Waals surface area (Å²) in [6.45, 7) is 3.98. The summed E-state index contributed by atoms with van der Waals surface area (Å²) in [4.78, 5) is 10.1. The van der Waals surface area contributed by atoms with Crippen LogP contribution in [0.4, 0.5) is 11.4 Å². The number of benzene rings is 2. The topological polar surface area (TPSA) is 99.8 Å². The van der Waals surface area contributed by atoms with Crippen LogP contribution in [0.15, 0.2) is 41.5 Å². The maximum atomic E-state index is 10.8. The molecule has 124 valence electrons. The Morgan fingerprint density at radius 3 is 2.71 bits per heavy atom. The van der Waals surface area contributed by atoms with Crippen LogP contribution in [-0.2, 0) is 0 Å². The van der Waals surface area contributed by atoms with E-state index in [4.69, 9.17) is 12.2 Å². The predicted molar refractivity (Wildman–Crippen MR) is 97.6 cm³/mol. The lowest BCUT2D eigenvalue weighted by molar-refractivity contribution is -0.385. The van der Waals surface area contributed by atoms with Crippen molar-refractivity contribution in [3.8, 4) is 5.75 Å². The number of phenolic OH excluding ortho intramolecular Hbond substituents is 1. The van der Waals surface area contributed by atoms with Gasteiger partial charge in [-0.1, -0.05) is 17.7 Å². The van der Waals surface area contributed by atoms with Crippen LogP contribution in [0.1, 0.15) is 16.7 Å². The second-order valence-corrected chi connectivity index (χ2v) is 5.56. The fraction of sp³-hybridized carbons (Fsp3) is 0.125. The summed E-state index contributed by atoms with van der Waals surface area (Å²) in [6.07, 6.45) is 1.38. The standard InChI is InChI=1S/C16H16N4O3S/c1-10-3-5-13(11(2)7-10)18-16(24)19-17-9-12-4-6-15(21)14(8-12)20(22)23/h3-9,21H,1-2H3,(H2,18,19,24)/b17-9+. The van der Waals surface area contributed by atoms with Gasteiger partial charge in [0.15, 0.2) is 10.9 Å². The summed E-state index contributed by atoms with van der Waals surface area (Å²) < 4.78 is 0. The number of nitrogens with one attached hydrogen (secondary N) is 2. The number of nitro benzene ring substituents is 1. The molecule has 0 atom stereocenters. The molecule has 0 saturated heterocycles. The fourth-order valence-corrected chi connectivity index (χ4v) is 2.20. The largest absolute Gasteiger partial charge is 0.502 e. The van der Waals surface area contributed by atoms with Crippen LogP contribution in [0.3, 0.4) is 0 Å². The average Bonchev–Trinajstić information content (AvgIpc) is 2.51. The molecule has 0 bridgehead atoms. The van der Waals surface area contributed by atoms with Crippen molar-refractivity contribution in [2.45, 2.75) is 13.8 Å². The lowest BCUT2D eigenvalue weighted by Gasteiger charge is -2.10. The van der Waals surface area contributed by atoms with Gasteiger partial charge in [0.05, 0.1) is 11.1 Å². The monoisotopic (exact) mass is 344 g/mol. The van der Waals surface area contributed by atoms with Crippen LogP contribution in [-0.4, -0.2) is 21.4 Å². The number of aromatic hydroxyl groups is 1. The Hall–Kier alpha value is -3.00. The van der Waals surface area contributed by atoms with E-state index < -0.39 is 10.7 Å². The van der Waals surface area contributed by atoms with Crippen molar-refractivity contribution in [3.63, 3.8) is 0 Å². The lowest BCUT2D eigenvalue weighted by Crippen LogP contribution is -2.24. The quantitative estimate of drug-likeness (QED) is 0.341. The molecule has 7 nitrogen and oxygen atoms in total. The minimum absolute atomic E-state index is 0.298. The van der Waals surface area contributed by atoms with Gasteiger partial charge in [-0.3, -0.25) is 15.5 Å². The van der Waals surface area contributed by atoms with Crippen LogP contribution >= 0.6 is 12.2 Å². The molecule has 0 fully saturated rings. The highest BCUT2D eigenvalue weighted by Crippen LogP contribution is 2.25. The van der Waals surface area contributed by atoms with E-state index in [1.54, 1.807) is 0 Å². The van der Waals surface area contributed by atoms with Gasteiger partial charge in [-0.2, -0.15) is 5.10 Å². The molecule has 0 saturated carbocycles. The smallest absolute Gasteiger partial charge is 0.311 e. The van der Waals surface area contributed by atoms with Gasteiger partial charge in [-0.15, -0.1) is 0 Å². The van der Waals surface area contributed by atoms with E-state index in [1.807, 2.05) is 32.0 Å². The molecule has 24 heavy (non-hydrogen) atoms. The molecule has 0 radical (unpaired) electrons. The van der Waals surface area contributed by atoms with Crippen LogP contribution in [0.2, 0.25) is 0 Å². The minimum atomic E-state index is -0.660. The first kappa shape index (κ1) is 17.4. The van der Waals surface area contributed by atoms with Gasteiger partial charge in [0.2, 0.25) is 0 Å². The van der Waals surface area contributed by atoms with Gasteiger partial charge in [-0.25, -0.2) is 0 Å². The summed E-state index contributed by atoms with van der Waals surface area (Å²) in [5.74, 6) is -0.392. The van der Waals surface area contributed by atoms with Crippen molar-refractivity contribution in [3.05, 3.63) is 63.2 Å². The molecule has 3 N–H and O–H groups in total. The van der Waals surface area contributed by atoms with Crippen molar-refractivity contribution in [2.75, 3.05) is 5.32 Å². The third-order valence-electron chi connectivity index (χ3n) is 3.21. The maximum Gasteiger partial charge on any atom is 0.311 e. The zero-order valence-electron chi connectivity index (χ0n) is 13.1. The van der Waals surface area contributed by atoms with Crippen molar-refractivity contribution in [1.82, 2.24) is 5.43 Å². The fourth-order valence-electron chi connectivity index (χ4n) is 2.04. The van der Waals surface area contributed by atoms with E-state index in [1.165, 1.54) is 24.4 Å². The zero-order valence-corrected chi connectivity index (χ0v) is 13.9. The van der Waals surface area contributed by atoms with Crippen molar-refractivity contribution >= 4 is 34.9 Å². The van der Waals surface area contributed by atoms with Crippen LogP contribution < -0.4 is 10.7 Å². The number of hydrazone groups is 1. The summed E-state index contributed by atoms with van der Waals surface area (Å²) in [5, 5.41) is 27.4. The highest BCUT2D eigenvalue weighted by Gasteiger charge is 2.12. The van der Waals surface area contributed by atoms with Gasteiger partial charge in [-0.05, 0) is 49.8 Å². The Bertz CT molecular complexity index is 821. The minimum Gasteiger partial charge on any atom is -0.502 e. The van der Waals surface area contributed by atoms with Crippen molar-refractivity contribution in [2.24, 2.45) is 5.10 Å². The number of nitro groups is 1. The SMILES string of the molecule is Cc1ccc(NC(=S)N/N=C/c2ccc(O)c([N+](=O)[O-])c2)c(C)c1. The third kappa shape index (κ3) is 4.50. The van der Waals surface area contributed by atoms with Gasteiger partial charge in [0.1, 0.15) is 0 Å². The Balaban J connectivity index is 2.00. The van der Waals surface area contributed by atoms with Crippen LogP contribution in [0, 0.1) is 24.0 Å². The highest BCUT2D eigenvalue weighted by atomic mass is 32.1.